The van der Waals surface area contributed by atoms with Gasteiger partial charge in [-0.3, -0.25) is 0 Å². The van der Waals surface area contributed by atoms with Crippen LogP contribution >= 0.6 is 63.7 Å². The van der Waals surface area contributed by atoms with Gasteiger partial charge in [-0.05, 0) is 82.5 Å². The quantitative estimate of drug-likeness (QED) is 0.154. The van der Waals surface area contributed by atoms with Crippen LogP contribution in [0.2, 0.25) is 36.3 Å². The van der Waals surface area contributed by atoms with Gasteiger partial charge in [0, 0.05) is 21.3 Å². The molecule has 0 saturated carbocycles. The van der Waals surface area contributed by atoms with Gasteiger partial charge in [-0.25, -0.2) is 0 Å². The minimum absolute atomic E-state index is 0.110. The first-order valence-electron chi connectivity index (χ1n) is 12.3. The number of hydrogen-bond donors (Lipinski definition) is 0. The van der Waals surface area contributed by atoms with E-state index in [1.807, 2.05) is 0 Å². The van der Waals surface area contributed by atoms with Gasteiger partial charge in [-0.1, -0.05) is 128 Å². The minimum Gasteiger partial charge on any atom is -0.455 e. The Labute approximate surface area is 250 Å². The molecule has 0 aliphatic carbocycles. The molecule has 0 fully saturated rings. The fourth-order valence-electron chi connectivity index (χ4n) is 4.41. The van der Waals surface area contributed by atoms with Gasteiger partial charge in [0.15, 0.2) is 16.6 Å². The molecule has 2 aromatic carbocycles. The average Bonchev–Trinajstić information content (AvgIpc) is 2.78. The van der Waals surface area contributed by atoms with Crippen LogP contribution in [-0.4, -0.2) is 16.6 Å². The molecule has 0 bridgehead atoms. The van der Waals surface area contributed by atoms with E-state index < -0.39 is 16.6 Å². The van der Waals surface area contributed by atoms with Crippen LogP contribution in [-0.2, 0) is 38.3 Å². The summed E-state index contributed by atoms with van der Waals surface area (Å²) in [7, 11) is -4.10. The highest BCUT2D eigenvalue weighted by molar-refractivity contribution is 9.09. The van der Waals surface area contributed by atoms with E-state index in [1.54, 1.807) is 0 Å². The van der Waals surface area contributed by atoms with Crippen LogP contribution in [0.4, 0.5) is 0 Å². The summed E-state index contributed by atoms with van der Waals surface area (Å²) in [5, 5.41) is 3.78. The largest absolute Gasteiger partial charge is 0.455 e. The van der Waals surface area contributed by atoms with Crippen molar-refractivity contribution < 1.29 is 4.12 Å². The van der Waals surface area contributed by atoms with E-state index in [-0.39, 0.29) is 10.1 Å². The van der Waals surface area contributed by atoms with Crippen molar-refractivity contribution in [1.82, 2.24) is 0 Å². The summed E-state index contributed by atoms with van der Waals surface area (Å²) >= 11 is 14.6. The lowest BCUT2D eigenvalue weighted by Crippen LogP contribution is -2.56. The Balaban J connectivity index is 2.28. The summed E-state index contributed by atoms with van der Waals surface area (Å²) in [6.45, 7) is 19.5. The second-order valence-corrected chi connectivity index (χ2v) is 23.8. The number of rotatable bonds is 12. The number of alkyl halides is 4. The van der Waals surface area contributed by atoms with Crippen molar-refractivity contribution in [1.29, 1.82) is 0 Å². The van der Waals surface area contributed by atoms with Crippen LogP contribution in [0.15, 0.2) is 36.4 Å². The van der Waals surface area contributed by atoms with E-state index >= 15 is 0 Å². The lowest BCUT2D eigenvalue weighted by atomic mass is 9.96. The Morgan fingerprint density at radius 1 is 0.571 bits per heavy atom. The van der Waals surface area contributed by atoms with Gasteiger partial charge in [-0.15, -0.1) is 0 Å². The zero-order chi connectivity index (χ0) is 26.7. The predicted octanol–water partition coefficient (Wildman–Crippen LogP) is 11.0. The van der Waals surface area contributed by atoms with Gasteiger partial charge in [0.05, 0.1) is 0 Å². The molecule has 2 aromatic rings. The summed E-state index contributed by atoms with van der Waals surface area (Å²) in [6.07, 6.45) is 2.09. The Bertz CT molecular complexity index is 923. The highest BCUT2D eigenvalue weighted by Crippen LogP contribution is 2.49. The van der Waals surface area contributed by atoms with Crippen molar-refractivity contribution in [2.45, 2.75) is 98.1 Å². The standard InChI is InChI=1S/C28H42Br4OSi2/c1-27(2,15-23-11-9-21(17-29)13-25(23)19-31)34(5,6)33-35(7,8)28(3,4)16-24-12-10-22(18-30)14-26(24)20-32/h9-14H,15-20H2,1-8H3. The Morgan fingerprint density at radius 3 is 1.20 bits per heavy atom. The molecule has 0 spiro atoms. The maximum atomic E-state index is 7.38. The van der Waals surface area contributed by atoms with Crippen molar-refractivity contribution in [2.75, 3.05) is 0 Å². The first kappa shape index (κ1) is 32.0. The maximum absolute atomic E-state index is 7.38. The SMILES string of the molecule is CC(C)(Cc1ccc(CBr)cc1CBr)[Si](C)(C)O[Si](C)(C)C(C)(C)Cc1ccc(CBr)cc1CBr. The van der Waals surface area contributed by atoms with Crippen LogP contribution in [0.1, 0.15) is 61.1 Å². The molecule has 0 heterocycles. The Kier molecular flexibility index (Phi) is 11.6. The van der Waals surface area contributed by atoms with Gasteiger partial charge in [-0.2, -0.15) is 0 Å². The highest BCUT2D eigenvalue weighted by atomic mass is 79.9. The van der Waals surface area contributed by atoms with E-state index in [1.165, 1.54) is 33.4 Å². The third-order valence-corrected chi connectivity index (χ3v) is 21.6. The molecule has 0 aliphatic rings. The van der Waals surface area contributed by atoms with Crippen molar-refractivity contribution in [3.63, 3.8) is 0 Å². The molecule has 0 atom stereocenters. The van der Waals surface area contributed by atoms with Gasteiger partial charge in [0.25, 0.3) is 0 Å². The van der Waals surface area contributed by atoms with Gasteiger partial charge in [0.1, 0.15) is 0 Å². The number of halogens is 4. The monoisotopic (exact) mass is 766 g/mol. The number of hydrogen-bond acceptors (Lipinski definition) is 1. The first-order valence-corrected chi connectivity index (χ1v) is 22.6. The predicted molar refractivity (Wildman–Crippen MR) is 175 cm³/mol. The molecule has 2 rings (SSSR count). The van der Waals surface area contributed by atoms with Crippen LogP contribution in [0, 0.1) is 0 Å². The van der Waals surface area contributed by atoms with Gasteiger partial charge >= 0.3 is 0 Å². The molecule has 1 nitrogen and oxygen atoms in total. The number of benzene rings is 2. The molecule has 0 amide bonds. The molecule has 0 radical (unpaired) electrons. The van der Waals surface area contributed by atoms with Crippen molar-refractivity contribution in [2.24, 2.45) is 0 Å². The fourth-order valence-corrected chi connectivity index (χ4v) is 14.7. The molecule has 196 valence electrons. The van der Waals surface area contributed by atoms with Crippen molar-refractivity contribution in [3.05, 3.63) is 69.8 Å². The minimum atomic E-state index is -2.05. The van der Waals surface area contributed by atoms with E-state index in [4.69, 9.17) is 4.12 Å². The molecule has 0 N–H and O–H groups in total. The Hall–Kier alpha value is 0.754. The maximum Gasteiger partial charge on any atom is 0.179 e. The zero-order valence-electron chi connectivity index (χ0n) is 22.6. The molecule has 0 saturated heterocycles. The summed E-state index contributed by atoms with van der Waals surface area (Å²) < 4.78 is 7.38. The second-order valence-electron chi connectivity index (χ2n) is 12.0. The topological polar surface area (TPSA) is 9.23 Å². The highest BCUT2D eigenvalue weighted by Gasteiger charge is 2.50. The molecular formula is C28H42Br4OSi2. The van der Waals surface area contributed by atoms with Crippen LogP contribution in [0.25, 0.3) is 0 Å². The van der Waals surface area contributed by atoms with Crippen LogP contribution in [0.3, 0.4) is 0 Å². The third kappa shape index (κ3) is 7.89. The van der Waals surface area contributed by atoms with E-state index in [2.05, 4.69) is 154 Å². The summed E-state index contributed by atoms with van der Waals surface area (Å²) in [5.41, 5.74) is 8.32. The average molecular weight is 770 g/mol. The zero-order valence-corrected chi connectivity index (χ0v) is 31.0. The van der Waals surface area contributed by atoms with Crippen molar-refractivity contribution in [3.8, 4) is 0 Å². The smallest absolute Gasteiger partial charge is 0.179 e. The van der Waals surface area contributed by atoms with E-state index in [0.29, 0.717) is 0 Å². The van der Waals surface area contributed by atoms with E-state index in [9.17, 15) is 0 Å². The molecule has 7 heteroatoms. The lowest BCUT2D eigenvalue weighted by Gasteiger charge is -2.50. The molecule has 0 aliphatic heterocycles. The van der Waals surface area contributed by atoms with Gasteiger partial charge in [0.2, 0.25) is 0 Å². The molecule has 0 unspecified atom stereocenters. The molecule has 0 aromatic heterocycles. The normalized spacial score (nSPS) is 13.4. The van der Waals surface area contributed by atoms with Crippen molar-refractivity contribution >= 4 is 80.4 Å². The second kappa shape index (κ2) is 12.7. The lowest BCUT2D eigenvalue weighted by molar-refractivity contribution is 0.426. The van der Waals surface area contributed by atoms with Crippen LogP contribution in [0.5, 0.6) is 0 Å². The Morgan fingerprint density at radius 2 is 0.914 bits per heavy atom. The van der Waals surface area contributed by atoms with E-state index in [0.717, 1.165) is 34.2 Å². The van der Waals surface area contributed by atoms with Crippen LogP contribution < -0.4 is 0 Å². The third-order valence-electron chi connectivity index (χ3n) is 8.17. The summed E-state index contributed by atoms with van der Waals surface area (Å²) in [6, 6.07) is 13.8. The first-order chi connectivity index (χ1) is 16.1. The van der Waals surface area contributed by atoms with Gasteiger partial charge < -0.3 is 4.12 Å². The summed E-state index contributed by atoms with van der Waals surface area (Å²) in [4.78, 5) is 0. The molecule has 35 heavy (non-hydrogen) atoms. The summed E-state index contributed by atoms with van der Waals surface area (Å²) in [5.74, 6) is 0. The molecular weight excluding hydrogens is 728 g/mol. The fraction of sp³-hybridized carbons (Fsp3) is 0.571.